The molecule has 0 saturated carbocycles. The van der Waals surface area contributed by atoms with E-state index in [1.807, 2.05) is 6.92 Å². The number of carbonyl (C=O) groups is 2. The molecule has 3 heterocycles. The summed E-state index contributed by atoms with van der Waals surface area (Å²) in [6.07, 6.45) is 1.46. The van der Waals surface area contributed by atoms with Crippen LogP contribution in [0.3, 0.4) is 0 Å². The summed E-state index contributed by atoms with van der Waals surface area (Å²) >= 11 is 0. The fourth-order valence-electron chi connectivity index (χ4n) is 5.79. The molecule has 0 unspecified atom stereocenters. The molecule has 5 rings (SSSR count). The molecular formula is C24H25BN2O8. The van der Waals surface area contributed by atoms with Crippen LogP contribution in [0.1, 0.15) is 50.2 Å². The van der Waals surface area contributed by atoms with Crippen molar-refractivity contribution in [1.29, 1.82) is 0 Å². The molecular weight excluding hydrogens is 455 g/mol. The summed E-state index contributed by atoms with van der Waals surface area (Å²) in [5.74, 6) is -1.81. The number of amides is 2. The summed E-state index contributed by atoms with van der Waals surface area (Å²) in [6, 6.07) is 8.80. The molecule has 2 saturated heterocycles. The van der Waals surface area contributed by atoms with Crippen LogP contribution in [0.25, 0.3) is 0 Å². The van der Waals surface area contributed by atoms with Gasteiger partial charge in [-0.1, -0.05) is 25.0 Å². The highest BCUT2D eigenvalue weighted by molar-refractivity contribution is 6.53. The molecule has 0 radical (unpaired) electrons. The largest absolute Gasteiger partial charge is 0.487 e. The Balaban J connectivity index is 1.53. The Morgan fingerprint density at radius 1 is 1.20 bits per heavy atom. The number of rotatable bonds is 6. The third kappa shape index (κ3) is 3.89. The fourth-order valence-corrected chi connectivity index (χ4v) is 5.79. The summed E-state index contributed by atoms with van der Waals surface area (Å²) in [4.78, 5) is 38.9. The number of nitrogens with zero attached hydrogens (tertiary/aromatic N) is 2. The molecule has 0 spiro atoms. The zero-order valence-electron chi connectivity index (χ0n) is 19.1. The van der Waals surface area contributed by atoms with Crippen molar-refractivity contribution in [3.05, 3.63) is 69.1 Å². The Labute approximate surface area is 201 Å². The van der Waals surface area contributed by atoms with Gasteiger partial charge in [0, 0.05) is 12.1 Å². The maximum atomic E-state index is 13.7. The Hall–Kier alpha value is -3.28. The lowest BCUT2D eigenvalue weighted by atomic mass is 9.55. The molecule has 0 bridgehead atoms. The van der Waals surface area contributed by atoms with Gasteiger partial charge in [-0.3, -0.25) is 19.7 Å². The number of aliphatic hydroxyl groups excluding tert-OH is 1. The smallest absolute Gasteiger partial charge is 0.461 e. The number of fused-ring (bicyclic) bond motifs is 3. The lowest BCUT2D eigenvalue weighted by Gasteiger charge is -2.41. The number of hydrogen-bond donors (Lipinski definition) is 2. The molecule has 4 atom stereocenters. The average Bonchev–Trinajstić information content (AvgIpc) is 3.42. The maximum Gasteiger partial charge on any atom is 0.487 e. The molecule has 1 aliphatic carbocycles. The Bertz CT molecular complexity index is 1220. The van der Waals surface area contributed by atoms with Gasteiger partial charge in [0.1, 0.15) is 24.2 Å². The molecule has 2 aliphatic heterocycles. The number of benzene rings is 1. The predicted octanol–water partition coefficient (Wildman–Crippen LogP) is 3.08. The number of allylic oxidation sites excluding steroid dienone is 2. The van der Waals surface area contributed by atoms with Gasteiger partial charge in [0.15, 0.2) is 0 Å². The highest BCUT2D eigenvalue weighted by Gasteiger charge is 2.58. The Kier molecular flexibility index (Phi) is 6.08. The second kappa shape index (κ2) is 9.06. The van der Waals surface area contributed by atoms with Crippen LogP contribution < -0.4 is 4.90 Å². The molecule has 2 amide bonds. The standard InChI is InChI=1S/C24H25BN2O8/c1-2-4-13-9-18-21(24(30)26(23(18)29)14-5-3-6-15(10-14)27(32)33)17-11-20(35-25(31)22(13)17)19-8-7-16(12-28)34-19/h3,5-8,10,17-18,20-21,28,31H,2,4,9,11-12H2,1H3/t17-,18-,20-,21+/m0/s1. The van der Waals surface area contributed by atoms with Gasteiger partial charge in [-0.15, -0.1) is 0 Å². The van der Waals surface area contributed by atoms with Gasteiger partial charge in [0.05, 0.1) is 22.4 Å². The number of carbonyl (C=O) groups excluding carboxylic acids is 2. The lowest BCUT2D eigenvalue weighted by Crippen LogP contribution is -2.44. The number of imide groups is 1. The summed E-state index contributed by atoms with van der Waals surface area (Å²) in [5.41, 5.74) is 1.54. The molecule has 2 fully saturated rings. The average molecular weight is 480 g/mol. The second-order valence-corrected chi connectivity index (χ2v) is 9.22. The SMILES string of the molecule is CCCC1=C2B(O)O[C@H](c3ccc(CO)o3)C[C@H]2[C@H]2C(=O)N(c3cccc([N+](=O)[O-])c3)C(=O)[C@H]2C1. The van der Waals surface area contributed by atoms with Crippen molar-refractivity contribution in [2.45, 2.75) is 45.3 Å². The van der Waals surface area contributed by atoms with Gasteiger partial charge < -0.3 is 19.2 Å². The van der Waals surface area contributed by atoms with E-state index in [2.05, 4.69) is 0 Å². The third-order valence-electron chi connectivity index (χ3n) is 7.22. The minimum Gasteiger partial charge on any atom is -0.461 e. The van der Waals surface area contributed by atoms with Crippen molar-refractivity contribution in [2.24, 2.45) is 17.8 Å². The normalized spacial score (nSPS) is 26.3. The van der Waals surface area contributed by atoms with Crippen molar-refractivity contribution in [1.82, 2.24) is 0 Å². The number of furan rings is 1. The van der Waals surface area contributed by atoms with E-state index >= 15 is 0 Å². The van der Waals surface area contributed by atoms with Gasteiger partial charge in [0.2, 0.25) is 11.8 Å². The number of nitro benzene ring substituents is 1. The lowest BCUT2D eigenvalue weighted by molar-refractivity contribution is -0.384. The first-order valence-electron chi connectivity index (χ1n) is 11.7. The van der Waals surface area contributed by atoms with E-state index in [1.54, 1.807) is 12.1 Å². The maximum absolute atomic E-state index is 13.7. The molecule has 10 nitrogen and oxygen atoms in total. The Morgan fingerprint density at radius 2 is 2.00 bits per heavy atom. The van der Waals surface area contributed by atoms with Gasteiger partial charge in [0.25, 0.3) is 5.69 Å². The van der Waals surface area contributed by atoms with E-state index in [-0.39, 0.29) is 23.9 Å². The third-order valence-corrected chi connectivity index (χ3v) is 7.22. The van der Waals surface area contributed by atoms with Crippen molar-refractivity contribution in [3.8, 4) is 0 Å². The summed E-state index contributed by atoms with van der Waals surface area (Å²) in [7, 11) is -1.25. The molecule has 2 aromatic rings. The first kappa shape index (κ1) is 23.5. The van der Waals surface area contributed by atoms with Crippen LogP contribution in [0.4, 0.5) is 11.4 Å². The molecule has 1 aromatic heterocycles. The number of nitro groups is 1. The monoisotopic (exact) mass is 480 g/mol. The summed E-state index contributed by atoms with van der Waals surface area (Å²) in [5, 5.41) is 31.6. The van der Waals surface area contributed by atoms with E-state index in [0.717, 1.165) is 16.9 Å². The van der Waals surface area contributed by atoms with E-state index < -0.39 is 41.8 Å². The van der Waals surface area contributed by atoms with Crippen LogP contribution in [0, 0.1) is 27.9 Å². The minimum atomic E-state index is -1.25. The van der Waals surface area contributed by atoms with Crippen LogP contribution in [0.5, 0.6) is 0 Å². The molecule has 35 heavy (non-hydrogen) atoms. The van der Waals surface area contributed by atoms with Gasteiger partial charge in [-0.25, -0.2) is 4.90 Å². The zero-order chi connectivity index (χ0) is 24.9. The van der Waals surface area contributed by atoms with Crippen LogP contribution in [0.15, 0.2) is 51.9 Å². The molecule has 1 aromatic carbocycles. The quantitative estimate of drug-likeness (QED) is 0.278. The van der Waals surface area contributed by atoms with E-state index in [4.69, 9.17) is 9.07 Å². The fraction of sp³-hybridized carbons (Fsp3) is 0.417. The predicted molar refractivity (Wildman–Crippen MR) is 124 cm³/mol. The Morgan fingerprint density at radius 3 is 2.69 bits per heavy atom. The van der Waals surface area contributed by atoms with Crippen molar-refractivity contribution < 1.29 is 33.7 Å². The number of anilines is 1. The number of non-ortho nitro benzene ring substituents is 1. The number of hydrogen-bond acceptors (Lipinski definition) is 8. The van der Waals surface area contributed by atoms with Crippen LogP contribution in [-0.4, -0.2) is 34.0 Å². The number of aliphatic hydroxyl groups is 1. The highest BCUT2D eigenvalue weighted by Crippen LogP contribution is 2.52. The second-order valence-electron chi connectivity index (χ2n) is 9.22. The first-order valence-corrected chi connectivity index (χ1v) is 11.7. The van der Waals surface area contributed by atoms with Crippen molar-refractivity contribution in [3.63, 3.8) is 0 Å². The topological polar surface area (TPSA) is 143 Å². The van der Waals surface area contributed by atoms with Crippen LogP contribution in [0.2, 0.25) is 0 Å². The van der Waals surface area contributed by atoms with Crippen LogP contribution >= 0.6 is 0 Å². The van der Waals surface area contributed by atoms with Gasteiger partial charge >= 0.3 is 7.12 Å². The zero-order valence-corrected chi connectivity index (χ0v) is 19.1. The highest BCUT2D eigenvalue weighted by atomic mass is 16.6. The molecule has 2 N–H and O–H groups in total. The van der Waals surface area contributed by atoms with E-state index in [0.29, 0.717) is 36.3 Å². The minimum absolute atomic E-state index is 0.171. The van der Waals surface area contributed by atoms with Gasteiger partial charge in [-0.05, 0) is 48.9 Å². The molecule has 182 valence electrons. The van der Waals surface area contributed by atoms with Gasteiger partial charge in [-0.2, -0.15) is 0 Å². The van der Waals surface area contributed by atoms with Crippen molar-refractivity contribution in [2.75, 3.05) is 4.90 Å². The molecule has 11 heteroatoms. The molecule has 3 aliphatic rings. The van der Waals surface area contributed by atoms with Crippen LogP contribution in [-0.2, 0) is 20.9 Å². The van der Waals surface area contributed by atoms with E-state index in [9.17, 15) is 29.8 Å². The first-order chi connectivity index (χ1) is 16.8. The van der Waals surface area contributed by atoms with Crippen molar-refractivity contribution >= 4 is 30.3 Å². The van der Waals surface area contributed by atoms with E-state index in [1.165, 1.54) is 24.3 Å². The summed E-state index contributed by atoms with van der Waals surface area (Å²) < 4.78 is 11.5. The summed E-state index contributed by atoms with van der Waals surface area (Å²) in [6.45, 7) is 1.73.